The summed E-state index contributed by atoms with van der Waals surface area (Å²) in [5.41, 5.74) is -5.41. The van der Waals surface area contributed by atoms with Gasteiger partial charge in [0.15, 0.2) is 9.76 Å². The number of alkyl halides is 3. The summed E-state index contributed by atoms with van der Waals surface area (Å²) < 4.78 is 59.1. The van der Waals surface area contributed by atoms with E-state index in [0.29, 0.717) is 0 Å². The summed E-state index contributed by atoms with van der Waals surface area (Å²) in [6, 6.07) is 0. The fourth-order valence-corrected chi connectivity index (χ4v) is 3.30. The Kier molecular flexibility index (Phi) is 10.8. The maximum absolute atomic E-state index is 11.6. The third-order valence-electron chi connectivity index (χ3n) is 2.18. The van der Waals surface area contributed by atoms with Gasteiger partial charge in [-0.3, -0.25) is 0 Å². The number of rotatable bonds is 6. The zero-order valence-electron chi connectivity index (χ0n) is 12.1. The van der Waals surface area contributed by atoms with Gasteiger partial charge in [0, 0.05) is 0 Å². The van der Waals surface area contributed by atoms with E-state index >= 15 is 0 Å². The summed E-state index contributed by atoms with van der Waals surface area (Å²) in [6.07, 6.45) is 0. The van der Waals surface area contributed by atoms with Gasteiger partial charge in [-0.05, 0) is 25.2 Å². The molecule has 0 aromatic heterocycles. The van der Waals surface area contributed by atoms with Gasteiger partial charge >= 0.3 is 15.6 Å². The molecule has 0 saturated carbocycles. The molecule has 0 radical (unpaired) electrons. The van der Waals surface area contributed by atoms with Gasteiger partial charge in [-0.25, -0.2) is 0 Å². The van der Waals surface area contributed by atoms with Gasteiger partial charge in [-0.1, -0.05) is 34.6 Å². The van der Waals surface area contributed by atoms with Crippen LogP contribution in [0.3, 0.4) is 0 Å². The van der Waals surface area contributed by atoms with Crippen molar-refractivity contribution in [3.63, 3.8) is 0 Å². The first kappa shape index (κ1) is 21.2. The third-order valence-corrected chi connectivity index (χ3v) is 5.20. The zero-order valence-corrected chi connectivity index (χ0v) is 14.4. The Morgan fingerprint density at radius 2 is 1.47 bits per heavy atom. The second kappa shape index (κ2) is 9.73. The predicted molar refractivity (Wildman–Crippen MR) is 73.2 cm³/mol. The zero-order chi connectivity index (χ0) is 15.7. The molecule has 0 unspecified atom stereocenters. The van der Waals surface area contributed by atoms with Crippen LogP contribution < -0.4 is 0 Å². The van der Waals surface area contributed by atoms with Crippen LogP contribution in [-0.2, 0) is 14.0 Å². The summed E-state index contributed by atoms with van der Waals surface area (Å²) in [7, 11) is -6.98. The highest BCUT2D eigenvalue weighted by Gasteiger charge is 2.46. The summed E-state index contributed by atoms with van der Waals surface area (Å²) in [5.74, 6) is 0. The van der Waals surface area contributed by atoms with Crippen molar-refractivity contribution in [2.45, 2.75) is 45.7 Å². The molecule has 0 aliphatic rings. The molecular weight excluding hydrogens is 299 g/mol. The van der Waals surface area contributed by atoms with Crippen molar-refractivity contribution in [1.82, 2.24) is 4.90 Å². The SMILES string of the molecule is CC(C)[SiH2]OS(=O)(=O)C(F)(F)F.CCN(CC)CC. The number of halogens is 3. The van der Waals surface area contributed by atoms with E-state index < -0.39 is 25.4 Å². The van der Waals surface area contributed by atoms with Crippen molar-refractivity contribution < 1.29 is 25.5 Å². The lowest BCUT2D eigenvalue weighted by Crippen LogP contribution is -2.27. The molecule has 19 heavy (non-hydrogen) atoms. The van der Waals surface area contributed by atoms with Crippen molar-refractivity contribution in [1.29, 1.82) is 0 Å². The molecule has 0 aromatic carbocycles. The smallest absolute Gasteiger partial charge is 0.316 e. The van der Waals surface area contributed by atoms with Crippen molar-refractivity contribution in [2.75, 3.05) is 19.6 Å². The van der Waals surface area contributed by atoms with Gasteiger partial charge in [0.1, 0.15) is 0 Å². The summed E-state index contributed by atoms with van der Waals surface area (Å²) in [5, 5.41) is 0. The Bertz CT molecular complexity index is 311. The van der Waals surface area contributed by atoms with Gasteiger partial charge in [0.2, 0.25) is 0 Å². The van der Waals surface area contributed by atoms with Crippen LogP contribution in [0, 0.1) is 0 Å². The Labute approximate surface area is 116 Å². The lowest BCUT2D eigenvalue weighted by atomic mass is 10.5. The van der Waals surface area contributed by atoms with Gasteiger partial charge < -0.3 is 8.77 Å². The molecule has 0 N–H and O–H groups in total. The van der Waals surface area contributed by atoms with E-state index in [0.717, 1.165) is 0 Å². The first-order valence-electron chi connectivity index (χ1n) is 6.19. The second-order valence-corrected chi connectivity index (χ2v) is 8.48. The Balaban J connectivity index is 0. The van der Waals surface area contributed by atoms with Gasteiger partial charge in [-0.15, -0.1) is 0 Å². The molecule has 0 bridgehead atoms. The molecule has 0 heterocycles. The third kappa shape index (κ3) is 10.3. The molecule has 4 nitrogen and oxygen atoms in total. The average molecular weight is 323 g/mol. The molecule has 9 heteroatoms. The first-order valence-corrected chi connectivity index (χ1v) is 8.99. The maximum Gasteiger partial charge on any atom is 0.522 e. The molecule has 0 rings (SSSR count). The first-order chi connectivity index (χ1) is 8.51. The largest absolute Gasteiger partial charge is 0.522 e. The van der Waals surface area contributed by atoms with Crippen molar-refractivity contribution in [3.05, 3.63) is 0 Å². The predicted octanol–water partition coefficient (Wildman–Crippen LogP) is 2.11. The topological polar surface area (TPSA) is 46.6 Å². The standard InChI is InChI=1S/C6H15N.C4H9F3O3SSi/c1-4-7(5-2)6-3;1-3(2)12-10-11(8,9)4(5,6)7/h4-6H2,1-3H3;3H,12H2,1-2H3. The molecule has 0 spiro atoms. The van der Waals surface area contributed by atoms with Crippen molar-refractivity contribution in [2.24, 2.45) is 0 Å². The fraction of sp³-hybridized carbons (Fsp3) is 1.00. The highest BCUT2D eigenvalue weighted by atomic mass is 32.2. The second-order valence-electron chi connectivity index (χ2n) is 4.20. The Hall–Kier alpha value is -0.123. The monoisotopic (exact) mass is 323 g/mol. The minimum absolute atomic E-state index is 0.123. The van der Waals surface area contributed by atoms with E-state index in [2.05, 4.69) is 29.5 Å². The minimum Gasteiger partial charge on any atom is -0.316 e. The Morgan fingerprint density at radius 3 is 1.63 bits per heavy atom. The van der Waals surface area contributed by atoms with Crippen LogP contribution in [0.15, 0.2) is 0 Å². The van der Waals surface area contributed by atoms with Gasteiger partial charge in [0.05, 0.1) is 0 Å². The average Bonchev–Trinajstić information content (AvgIpc) is 2.28. The molecule has 0 aliphatic carbocycles. The fourth-order valence-electron chi connectivity index (χ4n) is 0.963. The summed E-state index contributed by atoms with van der Waals surface area (Å²) >= 11 is 0. The highest BCUT2D eigenvalue weighted by molar-refractivity contribution is 7.88. The van der Waals surface area contributed by atoms with Crippen LogP contribution in [0.25, 0.3) is 0 Å². The van der Waals surface area contributed by atoms with Gasteiger partial charge in [-0.2, -0.15) is 21.6 Å². The lowest BCUT2D eigenvalue weighted by molar-refractivity contribution is -0.0499. The van der Waals surface area contributed by atoms with Gasteiger partial charge in [0.25, 0.3) is 0 Å². The highest BCUT2D eigenvalue weighted by Crippen LogP contribution is 2.24. The van der Waals surface area contributed by atoms with E-state index in [1.807, 2.05) is 0 Å². The van der Waals surface area contributed by atoms with E-state index in [-0.39, 0.29) is 5.54 Å². The van der Waals surface area contributed by atoms with Crippen LogP contribution in [0.5, 0.6) is 0 Å². The van der Waals surface area contributed by atoms with Crippen molar-refractivity contribution in [3.8, 4) is 0 Å². The molecule has 0 aromatic rings. The quantitative estimate of drug-likeness (QED) is 0.555. The van der Waals surface area contributed by atoms with Crippen LogP contribution in [0.4, 0.5) is 13.2 Å². The van der Waals surface area contributed by atoms with Crippen LogP contribution in [0.1, 0.15) is 34.6 Å². The van der Waals surface area contributed by atoms with Crippen LogP contribution >= 0.6 is 0 Å². The molecular formula is C10H24F3NO3SSi. The van der Waals surface area contributed by atoms with Crippen molar-refractivity contribution >= 4 is 19.9 Å². The van der Waals surface area contributed by atoms with E-state index in [9.17, 15) is 21.6 Å². The maximum atomic E-state index is 11.6. The normalized spacial score (nSPS) is 13.2. The van der Waals surface area contributed by atoms with E-state index in [1.165, 1.54) is 19.6 Å². The molecule has 118 valence electrons. The molecule has 0 fully saturated rings. The van der Waals surface area contributed by atoms with E-state index in [4.69, 9.17) is 0 Å². The summed E-state index contributed by atoms with van der Waals surface area (Å²) in [4.78, 5) is 2.38. The molecule has 0 amide bonds. The molecule has 0 atom stereocenters. The molecule has 0 aliphatic heterocycles. The minimum atomic E-state index is -5.33. The number of hydrogen-bond acceptors (Lipinski definition) is 4. The molecule has 0 saturated heterocycles. The lowest BCUT2D eigenvalue weighted by Gasteiger charge is -2.13. The van der Waals surface area contributed by atoms with Crippen LogP contribution in [0.2, 0.25) is 5.54 Å². The Morgan fingerprint density at radius 1 is 1.11 bits per heavy atom. The van der Waals surface area contributed by atoms with Crippen LogP contribution in [-0.4, -0.2) is 48.2 Å². The number of nitrogens with zero attached hydrogens (tertiary/aromatic N) is 1. The summed E-state index contributed by atoms with van der Waals surface area (Å²) in [6.45, 7) is 13.3. The van der Waals surface area contributed by atoms with E-state index in [1.54, 1.807) is 13.8 Å². The number of hydrogen-bond donors (Lipinski definition) is 0.